The lowest BCUT2D eigenvalue weighted by atomic mass is 10.1. The standard InChI is InChI=1S/C21H14ClN3O4S/c1-12-16(22)6-3-7-17(12)23-21-24-20(26)19(30-21)11-15-8-9-18(29-15)13-4-2-5-14(10-13)25(27)28/h2-11H,1H3,(H,23,24,26)/b19-11+. The van der Waals surface area contributed by atoms with E-state index in [0.29, 0.717) is 37.9 Å². The number of hydrogen-bond acceptors (Lipinski definition) is 6. The fourth-order valence-corrected chi connectivity index (χ4v) is 3.78. The molecular formula is C21H14ClN3O4S. The fourth-order valence-electron chi connectivity index (χ4n) is 2.79. The molecule has 0 spiro atoms. The maximum atomic E-state index is 12.3. The van der Waals surface area contributed by atoms with Crippen molar-refractivity contribution in [1.82, 2.24) is 5.32 Å². The van der Waals surface area contributed by atoms with Crippen LogP contribution in [0.5, 0.6) is 0 Å². The number of nitrogens with zero attached hydrogens (tertiary/aromatic N) is 2. The van der Waals surface area contributed by atoms with Gasteiger partial charge >= 0.3 is 0 Å². The Kier molecular flexibility index (Phi) is 5.43. The van der Waals surface area contributed by atoms with Crippen LogP contribution in [0.1, 0.15) is 11.3 Å². The summed E-state index contributed by atoms with van der Waals surface area (Å²) in [5, 5.41) is 14.7. The first-order valence-corrected chi connectivity index (χ1v) is 9.99. The first kappa shape index (κ1) is 19.9. The second kappa shape index (κ2) is 8.17. The number of rotatable bonds is 4. The van der Waals surface area contributed by atoms with Crippen molar-refractivity contribution in [2.45, 2.75) is 6.92 Å². The Labute approximate surface area is 180 Å². The van der Waals surface area contributed by atoms with E-state index in [9.17, 15) is 14.9 Å². The summed E-state index contributed by atoms with van der Waals surface area (Å²) < 4.78 is 5.75. The Morgan fingerprint density at radius 1 is 1.20 bits per heavy atom. The van der Waals surface area contributed by atoms with Gasteiger partial charge in [-0.1, -0.05) is 29.8 Å². The molecule has 3 aromatic rings. The molecule has 4 rings (SSSR count). The molecule has 0 radical (unpaired) electrons. The van der Waals surface area contributed by atoms with Gasteiger partial charge in [-0.2, -0.15) is 0 Å². The number of amidine groups is 1. The van der Waals surface area contributed by atoms with E-state index in [1.807, 2.05) is 13.0 Å². The average molecular weight is 440 g/mol. The lowest BCUT2D eigenvalue weighted by Crippen LogP contribution is -2.19. The number of carbonyl (C=O) groups is 1. The van der Waals surface area contributed by atoms with Crippen molar-refractivity contribution in [2.75, 3.05) is 0 Å². The van der Waals surface area contributed by atoms with Gasteiger partial charge in [-0.3, -0.25) is 14.9 Å². The largest absolute Gasteiger partial charge is 0.457 e. The molecule has 0 bridgehead atoms. The monoisotopic (exact) mass is 439 g/mol. The van der Waals surface area contributed by atoms with Gasteiger partial charge in [0.1, 0.15) is 11.5 Å². The van der Waals surface area contributed by atoms with Gasteiger partial charge in [0.05, 0.1) is 15.5 Å². The first-order valence-electron chi connectivity index (χ1n) is 8.80. The van der Waals surface area contributed by atoms with Crippen molar-refractivity contribution in [1.29, 1.82) is 0 Å². The summed E-state index contributed by atoms with van der Waals surface area (Å²) in [5.74, 6) is 0.637. The van der Waals surface area contributed by atoms with Crippen LogP contribution in [0.3, 0.4) is 0 Å². The van der Waals surface area contributed by atoms with Crippen LogP contribution in [0.2, 0.25) is 5.02 Å². The molecule has 1 aliphatic heterocycles. The van der Waals surface area contributed by atoms with Gasteiger partial charge in [-0.25, -0.2) is 4.99 Å². The highest BCUT2D eigenvalue weighted by atomic mass is 35.5. The minimum Gasteiger partial charge on any atom is -0.457 e. The van der Waals surface area contributed by atoms with E-state index in [1.54, 1.807) is 42.5 Å². The van der Waals surface area contributed by atoms with Gasteiger partial charge in [0.2, 0.25) is 0 Å². The van der Waals surface area contributed by atoms with Crippen LogP contribution in [0.4, 0.5) is 11.4 Å². The number of thioether (sulfide) groups is 1. The minimum atomic E-state index is -0.461. The molecule has 0 aliphatic carbocycles. The second-order valence-corrected chi connectivity index (χ2v) is 7.81. The predicted octanol–water partition coefficient (Wildman–Crippen LogP) is 5.71. The first-order chi connectivity index (χ1) is 14.4. The van der Waals surface area contributed by atoms with E-state index in [1.165, 1.54) is 23.9 Å². The van der Waals surface area contributed by atoms with Gasteiger partial charge < -0.3 is 9.73 Å². The van der Waals surface area contributed by atoms with Crippen molar-refractivity contribution in [3.05, 3.63) is 86.0 Å². The third kappa shape index (κ3) is 4.14. The van der Waals surface area contributed by atoms with Crippen molar-refractivity contribution < 1.29 is 14.1 Å². The van der Waals surface area contributed by atoms with E-state index in [4.69, 9.17) is 16.0 Å². The normalized spacial score (nSPS) is 16.3. The quantitative estimate of drug-likeness (QED) is 0.319. The molecule has 9 heteroatoms. The molecule has 1 aliphatic rings. The lowest BCUT2D eigenvalue weighted by molar-refractivity contribution is -0.384. The highest BCUT2D eigenvalue weighted by molar-refractivity contribution is 8.18. The maximum absolute atomic E-state index is 12.3. The zero-order valence-electron chi connectivity index (χ0n) is 15.6. The molecule has 2 heterocycles. The van der Waals surface area contributed by atoms with E-state index in [0.717, 1.165) is 5.56 Å². The Morgan fingerprint density at radius 2 is 2.00 bits per heavy atom. The number of benzene rings is 2. The van der Waals surface area contributed by atoms with Crippen LogP contribution >= 0.6 is 23.4 Å². The summed E-state index contributed by atoms with van der Waals surface area (Å²) in [6.07, 6.45) is 1.61. The van der Waals surface area contributed by atoms with Crippen LogP contribution in [0.25, 0.3) is 17.4 Å². The molecule has 0 saturated carbocycles. The van der Waals surface area contributed by atoms with Crippen LogP contribution in [-0.4, -0.2) is 16.0 Å². The van der Waals surface area contributed by atoms with Crippen molar-refractivity contribution in [3.8, 4) is 11.3 Å². The summed E-state index contributed by atoms with van der Waals surface area (Å²) in [6.45, 7) is 1.86. The summed E-state index contributed by atoms with van der Waals surface area (Å²) in [7, 11) is 0. The Hall–Kier alpha value is -3.36. The molecule has 1 aromatic heterocycles. The highest BCUT2D eigenvalue weighted by Gasteiger charge is 2.24. The summed E-state index contributed by atoms with van der Waals surface area (Å²) >= 11 is 7.31. The Balaban J connectivity index is 1.57. The summed E-state index contributed by atoms with van der Waals surface area (Å²) in [5.41, 5.74) is 2.06. The Morgan fingerprint density at radius 3 is 2.80 bits per heavy atom. The summed E-state index contributed by atoms with van der Waals surface area (Å²) in [4.78, 5) is 27.7. The predicted molar refractivity (Wildman–Crippen MR) is 118 cm³/mol. The van der Waals surface area contributed by atoms with E-state index >= 15 is 0 Å². The zero-order valence-corrected chi connectivity index (χ0v) is 17.2. The Bertz CT molecular complexity index is 1230. The molecule has 1 saturated heterocycles. The third-order valence-electron chi connectivity index (χ3n) is 4.35. The number of hydrogen-bond donors (Lipinski definition) is 1. The van der Waals surface area contributed by atoms with Crippen LogP contribution in [0, 0.1) is 17.0 Å². The fraction of sp³-hybridized carbons (Fsp3) is 0.0476. The number of nitro benzene ring substituents is 1. The third-order valence-corrected chi connectivity index (χ3v) is 5.67. The molecule has 7 nitrogen and oxygen atoms in total. The average Bonchev–Trinajstić information content (AvgIpc) is 3.32. The van der Waals surface area contributed by atoms with E-state index < -0.39 is 4.92 Å². The number of halogens is 1. The van der Waals surface area contributed by atoms with E-state index in [-0.39, 0.29) is 11.6 Å². The number of carbonyl (C=O) groups excluding carboxylic acids is 1. The number of aliphatic imine (C=N–C) groups is 1. The molecule has 0 unspecified atom stereocenters. The topological polar surface area (TPSA) is 97.7 Å². The number of nitro groups is 1. The SMILES string of the molecule is Cc1c(Cl)cccc1N=C1NC(=O)/C(=C\c2ccc(-c3cccc([N+](=O)[O-])c3)o2)S1. The van der Waals surface area contributed by atoms with Crippen LogP contribution in [0.15, 0.2) is 68.9 Å². The van der Waals surface area contributed by atoms with Gasteiger partial charge in [0, 0.05) is 28.8 Å². The smallest absolute Gasteiger partial charge is 0.270 e. The van der Waals surface area contributed by atoms with Gasteiger partial charge in [-0.15, -0.1) is 0 Å². The molecule has 150 valence electrons. The summed E-state index contributed by atoms with van der Waals surface area (Å²) in [6, 6.07) is 15.0. The zero-order chi connectivity index (χ0) is 21.3. The van der Waals surface area contributed by atoms with Crippen molar-refractivity contribution >= 4 is 51.9 Å². The van der Waals surface area contributed by atoms with Gasteiger partial charge in [0.25, 0.3) is 11.6 Å². The van der Waals surface area contributed by atoms with Crippen LogP contribution in [-0.2, 0) is 4.79 Å². The van der Waals surface area contributed by atoms with Crippen LogP contribution < -0.4 is 5.32 Å². The molecule has 1 amide bonds. The van der Waals surface area contributed by atoms with E-state index in [2.05, 4.69) is 10.3 Å². The highest BCUT2D eigenvalue weighted by Crippen LogP contribution is 2.32. The minimum absolute atomic E-state index is 0.0216. The molecule has 2 aromatic carbocycles. The maximum Gasteiger partial charge on any atom is 0.270 e. The lowest BCUT2D eigenvalue weighted by Gasteiger charge is -2.02. The van der Waals surface area contributed by atoms with Crippen molar-refractivity contribution in [2.24, 2.45) is 4.99 Å². The van der Waals surface area contributed by atoms with Gasteiger partial charge in [0.15, 0.2) is 5.17 Å². The molecule has 1 N–H and O–H groups in total. The molecule has 1 fully saturated rings. The number of amides is 1. The molecule has 30 heavy (non-hydrogen) atoms. The second-order valence-electron chi connectivity index (χ2n) is 6.38. The number of nitrogens with one attached hydrogen (secondary N) is 1. The molecular weight excluding hydrogens is 426 g/mol. The number of furan rings is 1. The van der Waals surface area contributed by atoms with Crippen molar-refractivity contribution in [3.63, 3.8) is 0 Å². The molecule has 0 atom stereocenters. The van der Waals surface area contributed by atoms with Gasteiger partial charge in [-0.05, 0) is 48.5 Å². The number of non-ortho nitro benzene ring substituents is 1.